The van der Waals surface area contributed by atoms with Gasteiger partial charge in [-0.1, -0.05) is 12.1 Å². The second-order valence-corrected chi connectivity index (χ2v) is 4.74. The number of para-hydroxylation sites is 1. The van der Waals surface area contributed by atoms with Gasteiger partial charge in [-0.05, 0) is 40.4 Å². The molecule has 0 saturated carbocycles. The Labute approximate surface area is 104 Å². The maximum absolute atomic E-state index is 13.2. The second-order valence-electron chi connectivity index (χ2n) is 4.00. The van der Waals surface area contributed by atoms with Crippen molar-refractivity contribution in [1.82, 2.24) is 5.32 Å². The SMILES string of the molecule is Cc1cscc1CNCc1cccc(F)c1N. The summed E-state index contributed by atoms with van der Waals surface area (Å²) in [5.41, 5.74) is 9.27. The molecule has 1 aromatic heterocycles. The molecule has 0 aliphatic heterocycles. The third-order valence-electron chi connectivity index (χ3n) is 2.74. The fourth-order valence-corrected chi connectivity index (χ4v) is 2.49. The number of benzene rings is 1. The minimum Gasteiger partial charge on any atom is -0.396 e. The molecule has 90 valence electrons. The van der Waals surface area contributed by atoms with Gasteiger partial charge in [-0.3, -0.25) is 0 Å². The van der Waals surface area contributed by atoms with Crippen molar-refractivity contribution < 1.29 is 4.39 Å². The first-order valence-corrected chi connectivity index (χ1v) is 6.38. The Balaban J connectivity index is 1.95. The summed E-state index contributed by atoms with van der Waals surface area (Å²) in [6, 6.07) is 4.90. The van der Waals surface area contributed by atoms with Crippen molar-refractivity contribution in [1.29, 1.82) is 0 Å². The standard InChI is InChI=1S/C13H15FN2S/c1-9-7-17-8-11(9)6-16-5-10-3-2-4-12(14)13(10)15/h2-4,7-8,16H,5-6,15H2,1H3. The molecular formula is C13H15FN2S. The molecule has 0 fully saturated rings. The summed E-state index contributed by atoms with van der Waals surface area (Å²) < 4.78 is 13.2. The van der Waals surface area contributed by atoms with E-state index in [0.29, 0.717) is 6.54 Å². The number of halogens is 1. The van der Waals surface area contributed by atoms with E-state index in [2.05, 4.69) is 23.0 Å². The van der Waals surface area contributed by atoms with Crippen LogP contribution >= 0.6 is 11.3 Å². The van der Waals surface area contributed by atoms with E-state index >= 15 is 0 Å². The van der Waals surface area contributed by atoms with Crippen LogP contribution in [0.1, 0.15) is 16.7 Å². The predicted octanol–water partition coefficient (Wildman–Crippen LogP) is 3.07. The van der Waals surface area contributed by atoms with Crippen LogP contribution in [0.25, 0.3) is 0 Å². The largest absolute Gasteiger partial charge is 0.396 e. The van der Waals surface area contributed by atoms with Gasteiger partial charge in [0.1, 0.15) is 5.82 Å². The van der Waals surface area contributed by atoms with Crippen molar-refractivity contribution >= 4 is 17.0 Å². The van der Waals surface area contributed by atoms with Crippen LogP contribution in [-0.2, 0) is 13.1 Å². The van der Waals surface area contributed by atoms with Gasteiger partial charge in [-0.15, -0.1) is 0 Å². The number of anilines is 1. The Morgan fingerprint density at radius 2 is 2.00 bits per heavy atom. The zero-order valence-corrected chi connectivity index (χ0v) is 10.5. The van der Waals surface area contributed by atoms with Crippen LogP contribution in [-0.4, -0.2) is 0 Å². The van der Waals surface area contributed by atoms with E-state index in [0.717, 1.165) is 12.1 Å². The molecule has 0 radical (unpaired) electrons. The van der Waals surface area contributed by atoms with Crippen molar-refractivity contribution in [3.63, 3.8) is 0 Å². The van der Waals surface area contributed by atoms with Crippen molar-refractivity contribution in [3.8, 4) is 0 Å². The van der Waals surface area contributed by atoms with Crippen LogP contribution in [0.3, 0.4) is 0 Å². The maximum Gasteiger partial charge on any atom is 0.146 e. The quantitative estimate of drug-likeness (QED) is 0.818. The summed E-state index contributed by atoms with van der Waals surface area (Å²) in [7, 11) is 0. The van der Waals surface area contributed by atoms with Crippen LogP contribution in [0.15, 0.2) is 29.0 Å². The third kappa shape index (κ3) is 2.84. The first kappa shape index (κ1) is 12.1. The van der Waals surface area contributed by atoms with Crippen molar-refractivity contribution in [2.24, 2.45) is 0 Å². The minimum absolute atomic E-state index is 0.238. The average Bonchev–Trinajstić information content (AvgIpc) is 2.71. The zero-order chi connectivity index (χ0) is 12.3. The van der Waals surface area contributed by atoms with Gasteiger partial charge in [0.25, 0.3) is 0 Å². The van der Waals surface area contributed by atoms with Gasteiger partial charge in [0.15, 0.2) is 0 Å². The van der Waals surface area contributed by atoms with Gasteiger partial charge in [-0.25, -0.2) is 4.39 Å². The molecule has 2 rings (SSSR count). The summed E-state index contributed by atoms with van der Waals surface area (Å²) in [4.78, 5) is 0. The predicted molar refractivity (Wildman–Crippen MR) is 70.4 cm³/mol. The van der Waals surface area contributed by atoms with Gasteiger partial charge >= 0.3 is 0 Å². The molecule has 0 aliphatic carbocycles. The van der Waals surface area contributed by atoms with Crippen LogP contribution in [0, 0.1) is 12.7 Å². The van der Waals surface area contributed by atoms with Crippen molar-refractivity contribution in [2.45, 2.75) is 20.0 Å². The number of nitrogen functional groups attached to an aromatic ring is 1. The molecule has 2 aromatic rings. The molecule has 17 heavy (non-hydrogen) atoms. The smallest absolute Gasteiger partial charge is 0.146 e. The van der Waals surface area contributed by atoms with Crippen LogP contribution in [0.5, 0.6) is 0 Å². The first-order valence-electron chi connectivity index (χ1n) is 5.43. The fraction of sp³-hybridized carbons (Fsp3) is 0.231. The first-order chi connectivity index (χ1) is 8.18. The molecular weight excluding hydrogens is 235 g/mol. The zero-order valence-electron chi connectivity index (χ0n) is 9.66. The molecule has 2 nitrogen and oxygen atoms in total. The summed E-state index contributed by atoms with van der Waals surface area (Å²) in [6.45, 7) is 3.45. The van der Waals surface area contributed by atoms with Crippen LogP contribution in [0.2, 0.25) is 0 Å². The van der Waals surface area contributed by atoms with E-state index in [-0.39, 0.29) is 11.5 Å². The number of hydrogen-bond acceptors (Lipinski definition) is 3. The van der Waals surface area contributed by atoms with Gasteiger partial charge in [0, 0.05) is 13.1 Å². The van der Waals surface area contributed by atoms with Crippen LogP contribution < -0.4 is 11.1 Å². The Bertz CT molecular complexity index is 508. The van der Waals surface area contributed by atoms with E-state index in [1.54, 1.807) is 17.4 Å². The Kier molecular flexibility index (Phi) is 3.76. The number of thiophene rings is 1. The molecule has 1 aromatic carbocycles. The molecule has 4 heteroatoms. The van der Waals surface area contributed by atoms with Crippen molar-refractivity contribution in [2.75, 3.05) is 5.73 Å². The molecule has 3 N–H and O–H groups in total. The molecule has 0 amide bonds. The van der Waals surface area contributed by atoms with E-state index in [1.165, 1.54) is 17.2 Å². The molecule has 0 atom stereocenters. The third-order valence-corrected chi connectivity index (χ3v) is 3.65. The molecule has 0 unspecified atom stereocenters. The molecule has 1 heterocycles. The van der Waals surface area contributed by atoms with Gasteiger partial charge < -0.3 is 11.1 Å². The highest BCUT2D eigenvalue weighted by molar-refractivity contribution is 7.08. The summed E-state index contributed by atoms with van der Waals surface area (Å²) in [5, 5.41) is 7.51. The number of nitrogens with one attached hydrogen (secondary N) is 1. The molecule has 0 bridgehead atoms. The highest BCUT2D eigenvalue weighted by atomic mass is 32.1. The lowest BCUT2D eigenvalue weighted by Crippen LogP contribution is -2.14. The van der Waals surface area contributed by atoms with E-state index in [1.807, 2.05) is 6.07 Å². The molecule has 0 aliphatic rings. The second kappa shape index (κ2) is 5.29. The summed E-state index contributed by atoms with van der Waals surface area (Å²) in [6.07, 6.45) is 0. The average molecular weight is 250 g/mol. The number of rotatable bonds is 4. The Morgan fingerprint density at radius 1 is 1.24 bits per heavy atom. The molecule has 0 saturated heterocycles. The normalized spacial score (nSPS) is 10.7. The van der Waals surface area contributed by atoms with Gasteiger partial charge in [-0.2, -0.15) is 11.3 Å². The number of aryl methyl sites for hydroxylation is 1. The molecule has 0 spiro atoms. The number of nitrogens with two attached hydrogens (primary N) is 1. The lowest BCUT2D eigenvalue weighted by Gasteiger charge is -2.08. The minimum atomic E-state index is -0.351. The van der Waals surface area contributed by atoms with Crippen molar-refractivity contribution in [3.05, 3.63) is 51.5 Å². The topological polar surface area (TPSA) is 38.0 Å². The van der Waals surface area contributed by atoms with Crippen LogP contribution in [0.4, 0.5) is 10.1 Å². The van der Waals surface area contributed by atoms with E-state index < -0.39 is 0 Å². The fourth-order valence-electron chi connectivity index (χ4n) is 1.64. The highest BCUT2D eigenvalue weighted by Gasteiger charge is 2.04. The number of hydrogen-bond donors (Lipinski definition) is 2. The lowest BCUT2D eigenvalue weighted by molar-refractivity contribution is 0.625. The Hall–Kier alpha value is -1.39. The summed E-state index contributed by atoms with van der Waals surface area (Å²) in [5.74, 6) is -0.351. The lowest BCUT2D eigenvalue weighted by atomic mass is 10.1. The Morgan fingerprint density at radius 3 is 2.71 bits per heavy atom. The maximum atomic E-state index is 13.2. The highest BCUT2D eigenvalue weighted by Crippen LogP contribution is 2.16. The van der Waals surface area contributed by atoms with E-state index in [9.17, 15) is 4.39 Å². The van der Waals surface area contributed by atoms with E-state index in [4.69, 9.17) is 5.73 Å². The monoisotopic (exact) mass is 250 g/mol. The van der Waals surface area contributed by atoms with Gasteiger partial charge in [0.2, 0.25) is 0 Å². The van der Waals surface area contributed by atoms with Gasteiger partial charge in [0.05, 0.1) is 5.69 Å². The summed E-state index contributed by atoms with van der Waals surface area (Å²) >= 11 is 1.69.